The number of rotatable bonds is 4. The Hall–Kier alpha value is -0.770. The van der Waals surface area contributed by atoms with Gasteiger partial charge < -0.3 is 0 Å². The first-order chi connectivity index (χ1) is 9.06. The van der Waals surface area contributed by atoms with Crippen LogP contribution in [0.15, 0.2) is 51.8 Å². The van der Waals surface area contributed by atoms with Gasteiger partial charge in [-0.1, -0.05) is 45.7 Å². The lowest BCUT2D eigenvalue weighted by atomic mass is 10.2. The molecule has 4 heteroatoms. The van der Waals surface area contributed by atoms with Crippen LogP contribution in [-0.4, -0.2) is 5.78 Å². The number of halogens is 2. The van der Waals surface area contributed by atoms with Gasteiger partial charge >= 0.3 is 0 Å². The van der Waals surface area contributed by atoms with E-state index >= 15 is 0 Å². The lowest BCUT2D eigenvalue weighted by molar-refractivity contribution is 0.101. The van der Waals surface area contributed by atoms with Gasteiger partial charge in [0.25, 0.3) is 0 Å². The number of benzene rings is 2. The Labute approximate surface area is 130 Å². The molecule has 0 atom stereocenters. The van der Waals surface area contributed by atoms with Crippen molar-refractivity contribution in [3.8, 4) is 0 Å². The van der Waals surface area contributed by atoms with Crippen LogP contribution >= 0.6 is 39.3 Å². The molecule has 2 rings (SSSR count). The average molecular weight is 356 g/mol. The molecule has 0 spiro atoms. The predicted octanol–water partition coefficient (Wildman–Crippen LogP) is 5.60. The highest BCUT2D eigenvalue weighted by atomic mass is 79.9. The van der Waals surface area contributed by atoms with Crippen LogP contribution in [0.5, 0.6) is 0 Å². The summed E-state index contributed by atoms with van der Waals surface area (Å²) >= 11 is 11.3. The van der Waals surface area contributed by atoms with Gasteiger partial charge in [-0.3, -0.25) is 4.79 Å². The van der Waals surface area contributed by atoms with Crippen LogP contribution in [0, 0.1) is 0 Å². The quantitative estimate of drug-likeness (QED) is 0.524. The van der Waals surface area contributed by atoms with E-state index in [1.807, 2.05) is 42.5 Å². The summed E-state index contributed by atoms with van der Waals surface area (Å²) in [6.45, 7) is 1.57. The maximum Gasteiger partial charge on any atom is 0.159 e. The van der Waals surface area contributed by atoms with E-state index in [-0.39, 0.29) is 5.78 Å². The molecule has 0 N–H and O–H groups in total. The van der Waals surface area contributed by atoms with Crippen molar-refractivity contribution in [1.29, 1.82) is 0 Å². The van der Waals surface area contributed by atoms with Gasteiger partial charge in [0.1, 0.15) is 0 Å². The van der Waals surface area contributed by atoms with E-state index in [0.717, 1.165) is 31.3 Å². The number of Topliss-reactive ketones (excluding diaryl/α,β-unsaturated/α-hetero) is 1. The first-order valence-corrected chi connectivity index (χ1v) is 7.89. The molecule has 0 aromatic heterocycles. The standard InChI is InChI=1S/C15H12BrClOS/c1-10(18)11-3-6-14(7-4-11)19-9-12-2-5-13(16)8-15(12)17/h2-8H,9H2,1H3. The maximum absolute atomic E-state index is 11.2. The van der Waals surface area contributed by atoms with E-state index in [1.165, 1.54) is 0 Å². The van der Waals surface area contributed by atoms with E-state index in [9.17, 15) is 4.79 Å². The lowest BCUT2D eigenvalue weighted by Gasteiger charge is -2.05. The topological polar surface area (TPSA) is 17.1 Å². The van der Waals surface area contributed by atoms with Crippen LogP contribution in [0.4, 0.5) is 0 Å². The Bertz CT molecular complexity index is 596. The third kappa shape index (κ3) is 4.10. The molecule has 0 aliphatic carbocycles. The molecule has 0 saturated carbocycles. The second kappa shape index (κ2) is 6.60. The van der Waals surface area contributed by atoms with Gasteiger partial charge in [0.05, 0.1) is 0 Å². The minimum absolute atomic E-state index is 0.0903. The zero-order chi connectivity index (χ0) is 13.8. The smallest absolute Gasteiger partial charge is 0.159 e. The number of thioether (sulfide) groups is 1. The van der Waals surface area contributed by atoms with E-state index in [1.54, 1.807) is 18.7 Å². The number of hydrogen-bond donors (Lipinski definition) is 0. The highest BCUT2D eigenvalue weighted by molar-refractivity contribution is 9.10. The molecular weight excluding hydrogens is 344 g/mol. The number of carbonyl (C=O) groups is 1. The fourth-order valence-corrected chi connectivity index (χ4v) is 3.31. The SMILES string of the molecule is CC(=O)c1ccc(SCc2ccc(Br)cc2Cl)cc1. The highest BCUT2D eigenvalue weighted by Gasteiger charge is 2.03. The normalized spacial score (nSPS) is 10.5. The van der Waals surface area contributed by atoms with E-state index in [0.29, 0.717) is 0 Å². The zero-order valence-electron chi connectivity index (χ0n) is 10.3. The Morgan fingerprint density at radius 2 is 1.89 bits per heavy atom. The molecule has 19 heavy (non-hydrogen) atoms. The largest absolute Gasteiger partial charge is 0.295 e. The number of ketones is 1. The second-order valence-corrected chi connectivity index (χ2v) is 6.48. The van der Waals surface area contributed by atoms with Crippen LogP contribution in [0.25, 0.3) is 0 Å². The molecule has 2 aromatic carbocycles. The summed E-state index contributed by atoms with van der Waals surface area (Å²) in [5.74, 6) is 0.901. The third-order valence-electron chi connectivity index (χ3n) is 2.67. The van der Waals surface area contributed by atoms with Crippen LogP contribution in [-0.2, 0) is 5.75 Å². The summed E-state index contributed by atoms with van der Waals surface area (Å²) in [6, 6.07) is 13.5. The summed E-state index contributed by atoms with van der Waals surface area (Å²) < 4.78 is 0.983. The van der Waals surface area contributed by atoms with Crippen molar-refractivity contribution in [3.05, 3.63) is 63.1 Å². The minimum atomic E-state index is 0.0903. The van der Waals surface area contributed by atoms with Gasteiger partial charge in [0, 0.05) is 25.7 Å². The van der Waals surface area contributed by atoms with Crippen molar-refractivity contribution in [2.45, 2.75) is 17.6 Å². The van der Waals surface area contributed by atoms with Gasteiger partial charge in [-0.25, -0.2) is 0 Å². The first-order valence-electron chi connectivity index (χ1n) is 5.74. The molecule has 0 radical (unpaired) electrons. The van der Waals surface area contributed by atoms with Crippen molar-refractivity contribution in [2.24, 2.45) is 0 Å². The molecule has 0 saturated heterocycles. The van der Waals surface area contributed by atoms with Gasteiger partial charge in [-0.05, 0) is 36.8 Å². The summed E-state index contributed by atoms with van der Waals surface area (Å²) in [5, 5.41) is 0.766. The van der Waals surface area contributed by atoms with Crippen molar-refractivity contribution < 1.29 is 4.79 Å². The Balaban J connectivity index is 2.04. The molecule has 0 fully saturated rings. The molecule has 2 aromatic rings. The average Bonchev–Trinajstić information content (AvgIpc) is 2.38. The predicted molar refractivity (Wildman–Crippen MR) is 85.2 cm³/mol. The molecule has 0 aliphatic heterocycles. The highest BCUT2D eigenvalue weighted by Crippen LogP contribution is 2.28. The van der Waals surface area contributed by atoms with Crippen molar-refractivity contribution >= 4 is 45.1 Å². The fraction of sp³-hybridized carbons (Fsp3) is 0.133. The van der Waals surface area contributed by atoms with Gasteiger partial charge in [0.2, 0.25) is 0 Å². The summed E-state index contributed by atoms with van der Waals surface area (Å²) in [4.78, 5) is 12.3. The van der Waals surface area contributed by atoms with Crippen LogP contribution in [0.3, 0.4) is 0 Å². The number of hydrogen-bond acceptors (Lipinski definition) is 2. The monoisotopic (exact) mass is 354 g/mol. The van der Waals surface area contributed by atoms with E-state index < -0.39 is 0 Å². The van der Waals surface area contributed by atoms with Crippen LogP contribution < -0.4 is 0 Å². The Kier molecular flexibility index (Phi) is 5.08. The summed E-state index contributed by atoms with van der Waals surface area (Å²) in [5.41, 5.74) is 1.84. The van der Waals surface area contributed by atoms with E-state index in [4.69, 9.17) is 11.6 Å². The molecule has 98 valence electrons. The van der Waals surface area contributed by atoms with Gasteiger partial charge in [-0.15, -0.1) is 11.8 Å². The van der Waals surface area contributed by atoms with Gasteiger partial charge in [0.15, 0.2) is 5.78 Å². The van der Waals surface area contributed by atoms with Crippen LogP contribution in [0.1, 0.15) is 22.8 Å². The molecule has 0 unspecified atom stereocenters. The van der Waals surface area contributed by atoms with E-state index in [2.05, 4.69) is 15.9 Å². The van der Waals surface area contributed by atoms with Crippen molar-refractivity contribution in [2.75, 3.05) is 0 Å². The van der Waals surface area contributed by atoms with Gasteiger partial charge in [-0.2, -0.15) is 0 Å². The molecule has 0 amide bonds. The van der Waals surface area contributed by atoms with Crippen molar-refractivity contribution in [3.63, 3.8) is 0 Å². The Morgan fingerprint density at radius 3 is 2.47 bits per heavy atom. The minimum Gasteiger partial charge on any atom is -0.295 e. The molecule has 0 heterocycles. The number of carbonyl (C=O) groups excluding carboxylic acids is 1. The van der Waals surface area contributed by atoms with Crippen LogP contribution in [0.2, 0.25) is 5.02 Å². The van der Waals surface area contributed by atoms with Crippen molar-refractivity contribution in [1.82, 2.24) is 0 Å². The Morgan fingerprint density at radius 1 is 1.21 bits per heavy atom. The lowest BCUT2D eigenvalue weighted by Crippen LogP contribution is -1.90. The molecule has 0 aliphatic rings. The first kappa shape index (κ1) is 14.6. The fourth-order valence-electron chi connectivity index (χ4n) is 1.59. The maximum atomic E-state index is 11.2. The third-order valence-corrected chi connectivity index (χ3v) is 4.58. The second-order valence-electron chi connectivity index (χ2n) is 4.10. The molecule has 1 nitrogen and oxygen atoms in total. The molecule has 0 bridgehead atoms. The summed E-state index contributed by atoms with van der Waals surface area (Å²) in [7, 11) is 0. The zero-order valence-corrected chi connectivity index (χ0v) is 13.5. The summed E-state index contributed by atoms with van der Waals surface area (Å²) in [6.07, 6.45) is 0. The molecular formula is C15H12BrClOS.